The van der Waals surface area contributed by atoms with Crippen molar-refractivity contribution >= 4 is 7.82 Å². The van der Waals surface area contributed by atoms with Gasteiger partial charge in [-0.1, -0.05) is 0 Å². The zero-order valence-electron chi connectivity index (χ0n) is 14.1. The Balaban J connectivity index is 1.87. The van der Waals surface area contributed by atoms with Crippen LogP contribution < -0.4 is 11.2 Å². The molecule has 2 aromatic rings. The molecule has 14 heteroatoms. The third-order valence-corrected chi connectivity index (χ3v) is 4.56. The van der Waals surface area contributed by atoms with Crippen LogP contribution >= 0.6 is 7.82 Å². The number of aromatic nitrogens is 5. The number of phosphoric acid groups is 1. The van der Waals surface area contributed by atoms with E-state index in [1.807, 2.05) is 0 Å². The number of hydrogen-bond donors (Lipinski definition) is 4. The van der Waals surface area contributed by atoms with Crippen molar-refractivity contribution in [3.05, 3.63) is 44.5 Å². The lowest BCUT2D eigenvalue weighted by Gasteiger charge is -2.18. The van der Waals surface area contributed by atoms with Crippen molar-refractivity contribution in [1.82, 2.24) is 24.5 Å². The summed E-state index contributed by atoms with van der Waals surface area (Å²) in [5.41, 5.74) is -0.528. The summed E-state index contributed by atoms with van der Waals surface area (Å²) in [6.07, 6.45) is -0.398. The van der Waals surface area contributed by atoms with E-state index in [0.29, 0.717) is 5.69 Å². The van der Waals surface area contributed by atoms with Gasteiger partial charge in [0.15, 0.2) is 0 Å². The van der Waals surface area contributed by atoms with E-state index >= 15 is 0 Å². The summed E-state index contributed by atoms with van der Waals surface area (Å²) < 4.78 is 22.8. The number of hydrogen-bond acceptors (Lipinski definition) is 8. The van der Waals surface area contributed by atoms with Gasteiger partial charge in [0.2, 0.25) is 0 Å². The van der Waals surface area contributed by atoms with E-state index in [1.54, 1.807) is 0 Å². The van der Waals surface area contributed by atoms with E-state index in [-0.39, 0.29) is 18.5 Å². The Morgan fingerprint density at radius 2 is 2.19 bits per heavy atom. The first-order chi connectivity index (χ1) is 12.7. The van der Waals surface area contributed by atoms with Gasteiger partial charge < -0.3 is 19.6 Å². The number of aromatic amines is 1. The van der Waals surface area contributed by atoms with Crippen molar-refractivity contribution in [3.8, 4) is 0 Å². The van der Waals surface area contributed by atoms with Crippen molar-refractivity contribution in [2.45, 2.75) is 38.3 Å². The Labute approximate surface area is 151 Å². The minimum Gasteiger partial charge on any atom is -0.390 e. The molecule has 0 radical (unpaired) electrons. The van der Waals surface area contributed by atoms with E-state index in [1.165, 1.54) is 19.3 Å². The molecule has 4 N–H and O–H groups in total. The van der Waals surface area contributed by atoms with Crippen LogP contribution in [0.4, 0.5) is 0 Å². The second-order valence-electron chi connectivity index (χ2n) is 6.07. The Morgan fingerprint density at radius 3 is 2.81 bits per heavy atom. The predicted octanol–water partition coefficient (Wildman–Crippen LogP) is -1.76. The Morgan fingerprint density at radius 1 is 1.44 bits per heavy atom. The van der Waals surface area contributed by atoms with Crippen LogP contribution in [0, 0.1) is 6.92 Å². The molecule has 0 unspecified atom stereocenters. The molecule has 0 bridgehead atoms. The highest BCUT2D eigenvalue weighted by molar-refractivity contribution is 7.46. The minimum atomic E-state index is -4.72. The molecule has 148 valence electrons. The lowest BCUT2D eigenvalue weighted by Crippen LogP contribution is -2.42. The summed E-state index contributed by atoms with van der Waals surface area (Å²) in [4.78, 5) is 42.6. The summed E-state index contributed by atoms with van der Waals surface area (Å²) in [5.74, 6) is 0. The first-order valence-corrected chi connectivity index (χ1v) is 9.39. The third kappa shape index (κ3) is 4.40. The first kappa shape index (κ1) is 19.6. The van der Waals surface area contributed by atoms with Crippen molar-refractivity contribution in [3.63, 3.8) is 0 Å². The first-order valence-electron chi connectivity index (χ1n) is 7.86. The second kappa shape index (κ2) is 7.46. The average molecular weight is 403 g/mol. The fourth-order valence-corrected chi connectivity index (χ4v) is 3.12. The molecule has 3 rings (SSSR count). The average Bonchev–Trinajstić information content (AvgIpc) is 3.22. The van der Waals surface area contributed by atoms with E-state index in [4.69, 9.17) is 14.5 Å². The van der Waals surface area contributed by atoms with Gasteiger partial charge in [0, 0.05) is 18.2 Å². The monoisotopic (exact) mass is 403 g/mol. The summed E-state index contributed by atoms with van der Waals surface area (Å²) in [6, 6.07) is 0. The molecule has 2 aromatic heterocycles. The second-order valence-corrected chi connectivity index (χ2v) is 7.31. The van der Waals surface area contributed by atoms with Gasteiger partial charge in [0.25, 0.3) is 5.56 Å². The summed E-state index contributed by atoms with van der Waals surface area (Å²) in [7, 11) is -4.72. The molecule has 0 spiro atoms. The zero-order valence-corrected chi connectivity index (χ0v) is 15.0. The molecule has 13 nitrogen and oxygen atoms in total. The molecule has 3 heterocycles. The van der Waals surface area contributed by atoms with Gasteiger partial charge in [-0.15, -0.1) is 0 Å². The van der Waals surface area contributed by atoms with Crippen molar-refractivity contribution < 1.29 is 28.7 Å². The number of nitrogens with zero attached hydrogens (tertiary/aromatic N) is 4. The largest absolute Gasteiger partial charge is 0.469 e. The van der Waals surface area contributed by atoms with E-state index in [9.17, 15) is 19.3 Å². The minimum absolute atomic E-state index is 0.0172. The highest BCUT2D eigenvalue weighted by Crippen LogP contribution is 2.38. The van der Waals surface area contributed by atoms with Crippen LogP contribution in [0.3, 0.4) is 0 Å². The summed E-state index contributed by atoms with van der Waals surface area (Å²) in [5, 5.41) is 19.9. The van der Waals surface area contributed by atoms with Crippen LogP contribution in [0.1, 0.15) is 23.9 Å². The topological polar surface area (TPSA) is 182 Å². The van der Waals surface area contributed by atoms with E-state index < -0.39 is 44.1 Å². The molecule has 27 heavy (non-hydrogen) atoms. The number of aliphatic hydroxyl groups is 1. The van der Waals surface area contributed by atoms with Gasteiger partial charge in [-0.2, -0.15) is 15.4 Å². The third-order valence-electron chi connectivity index (χ3n) is 4.07. The van der Waals surface area contributed by atoms with Crippen LogP contribution in [0.5, 0.6) is 0 Å². The fraction of sp³-hybridized carbons (Fsp3) is 0.538. The Kier molecular flexibility index (Phi) is 5.42. The maximum absolute atomic E-state index is 12.7. The number of ether oxygens (including phenoxy) is 1. The molecule has 1 aliphatic heterocycles. The summed E-state index contributed by atoms with van der Waals surface area (Å²) >= 11 is 0. The summed E-state index contributed by atoms with van der Waals surface area (Å²) in [6.45, 7) is 0.876. The fourth-order valence-electron chi connectivity index (χ4n) is 2.77. The highest BCUT2D eigenvalue weighted by atomic mass is 31.2. The van der Waals surface area contributed by atoms with Crippen LogP contribution in [-0.2, 0) is 20.4 Å². The molecule has 0 aromatic carbocycles. The standard InChI is InChI=1S/C13H18N5O8P/c1-7-4-17(11-2-9(19)10(26-11)6-25-27(22,23)24)13(21)18(12(7)20)5-8-3-14-16-15-8/h3-4,9-11,19H,2,5-6H2,1H3,(H,14,15,16)(H2,22,23,24)/t9-,10+,11+/m0/s1. The van der Waals surface area contributed by atoms with Gasteiger partial charge in [-0.25, -0.2) is 9.36 Å². The molecule has 3 atom stereocenters. The SMILES string of the molecule is Cc1cn([C@H]2C[C@H](O)[C@@H](COP(=O)(O)O)O2)c(=O)n(Cc2cn[nH]n2)c1=O. The van der Waals surface area contributed by atoms with Gasteiger partial charge in [0.05, 0.1) is 25.5 Å². The van der Waals surface area contributed by atoms with Crippen molar-refractivity contribution in [2.24, 2.45) is 0 Å². The molecule has 1 fully saturated rings. The van der Waals surface area contributed by atoms with Gasteiger partial charge in [-0.3, -0.25) is 18.5 Å². The molecule has 1 saturated heterocycles. The number of H-pyrrole nitrogens is 1. The van der Waals surface area contributed by atoms with E-state index in [0.717, 1.165) is 9.13 Å². The lowest BCUT2D eigenvalue weighted by atomic mass is 10.2. The lowest BCUT2D eigenvalue weighted by molar-refractivity contribution is -0.0455. The van der Waals surface area contributed by atoms with Crippen LogP contribution in [0.15, 0.2) is 22.0 Å². The quantitative estimate of drug-likeness (QED) is 0.403. The van der Waals surface area contributed by atoms with Gasteiger partial charge in [0.1, 0.15) is 18.0 Å². The van der Waals surface area contributed by atoms with Crippen LogP contribution in [0.2, 0.25) is 0 Å². The number of nitrogens with one attached hydrogen (secondary N) is 1. The predicted molar refractivity (Wildman–Crippen MR) is 87.7 cm³/mol. The molecule has 0 amide bonds. The number of aliphatic hydroxyl groups excluding tert-OH is 1. The van der Waals surface area contributed by atoms with Crippen molar-refractivity contribution in [1.29, 1.82) is 0 Å². The van der Waals surface area contributed by atoms with Crippen LogP contribution in [0.25, 0.3) is 0 Å². The van der Waals surface area contributed by atoms with Gasteiger partial charge >= 0.3 is 13.5 Å². The number of aryl methyl sites for hydroxylation is 1. The maximum Gasteiger partial charge on any atom is 0.469 e. The smallest absolute Gasteiger partial charge is 0.390 e. The Hall–Kier alpha value is -2.15. The molecule has 0 aliphatic carbocycles. The molecular formula is C13H18N5O8P. The molecule has 0 saturated carbocycles. The maximum atomic E-state index is 12.7. The van der Waals surface area contributed by atoms with E-state index in [2.05, 4.69) is 19.9 Å². The number of rotatable bonds is 6. The van der Waals surface area contributed by atoms with Crippen LogP contribution in [-0.4, -0.2) is 58.3 Å². The molecule has 1 aliphatic rings. The Bertz CT molecular complexity index is 964. The highest BCUT2D eigenvalue weighted by Gasteiger charge is 2.37. The molecular weight excluding hydrogens is 385 g/mol. The zero-order chi connectivity index (χ0) is 19.8. The number of phosphoric ester groups is 1. The normalized spacial score (nSPS) is 23.0. The van der Waals surface area contributed by atoms with Gasteiger partial charge in [-0.05, 0) is 6.92 Å². The van der Waals surface area contributed by atoms with Crippen molar-refractivity contribution in [2.75, 3.05) is 6.61 Å².